The summed E-state index contributed by atoms with van der Waals surface area (Å²) >= 11 is 0. The van der Waals surface area contributed by atoms with Crippen molar-refractivity contribution in [1.29, 1.82) is 0 Å². The smallest absolute Gasteiger partial charge is 0.349 e. The first-order valence-electron chi connectivity index (χ1n) is 7.94. The first-order chi connectivity index (χ1) is 11.3. The number of halogens is 3. The molecule has 0 unspecified atom stereocenters. The van der Waals surface area contributed by atoms with Crippen LogP contribution < -0.4 is 5.32 Å². The predicted octanol–water partition coefficient (Wildman–Crippen LogP) is 3.05. The van der Waals surface area contributed by atoms with Crippen LogP contribution in [-0.4, -0.2) is 36.0 Å². The fraction of sp³-hybridized carbons (Fsp3) is 0.529. The van der Waals surface area contributed by atoms with Gasteiger partial charge in [-0.15, -0.1) is 0 Å². The van der Waals surface area contributed by atoms with Crippen molar-refractivity contribution >= 4 is 11.8 Å². The first-order valence-corrected chi connectivity index (χ1v) is 7.94. The van der Waals surface area contributed by atoms with Gasteiger partial charge in [-0.05, 0) is 18.4 Å². The number of carbonyl (C=O) groups is 2. The zero-order valence-electron chi connectivity index (χ0n) is 13.5. The van der Waals surface area contributed by atoms with Gasteiger partial charge in [0.2, 0.25) is 11.8 Å². The Labute approximate surface area is 139 Å². The van der Waals surface area contributed by atoms with E-state index in [0.29, 0.717) is 13.0 Å². The molecule has 2 rings (SSSR count). The second kappa shape index (κ2) is 7.68. The Balaban J connectivity index is 2.06. The average Bonchev–Trinajstić information content (AvgIpc) is 2.54. The molecule has 2 atom stereocenters. The van der Waals surface area contributed by atoms with Crippen LogP contribution >= 0.6 is 0 Å². The van der Waals surface area contributed by atoms with Crippen LogP contribution in [0.3, 0.4) is 0 Å². The Kier molecular flexibility index (Phi) is 5.85. The second-order valence-corrected chi connectivity index (χ2v) is 6.09. The van der Waals surface area contributed by atoms with Crippen molar-refractivity contribution in [2.75, 3.05) is 13.1 Å². The van der Waals surface area contributed by atoms with Crippen molar-refractivity contribution in [2.24, 2.45) is 5.92 Å². The SMILES string of the molecule is CC(=O)N[C@H](CC(=O)N1CCC[C@H](C(F)(F)F)C1)c1ccccc1. The molecule has 132 valence electrons. The fourth-order valence-electron chi connectivity index (χ4n) is 2.96. The van der Waals surface area contributed by atoms with Gasteiger partial charge < -0.3 is 10.2 Å². The molecule has 0 bridgehead atoms. The van der Waals surface area contributed by atoms with Gasteiger partial charge in [-0.3, -0.25) is 9.59 Å². The third kappa shape index (κ3) is 4.97. The lowest BCUT2D eigenvalue weighted by Gasteiger charge is -2.34. The summed E-state index contributed by atoms with van der Waals surface area (Å²) in [5.74, 6) is -2.12. The average molecular weight is 342 g/mol. The molecule has 1 aromatic carbocycles. The molecular weight excluding hydrogens is 321 g/mol. The van der Waals surface area contributed by atoms with E-state index in [1.165, 1.54) is 11.8 Å². The van der Waals surface area contributed by atoms with Gasteiger partial charge in [0, 0.05) is 20.0 Å². The summed E-state index contributed by atoms with van der Waals surface area (Å²) in [6, 6.07) is 8.41. The van der Waals surface area contributed by atoms with E-state index >= 15 is 0 Å². The number of benzene rings is 1. The topological polar surface area (TPSA) is 49.4 Å². The number of likely N-dealkylation sites (tertiary alicyclic amines) is 1. The number of hydrogen-bond donors (Lipinski definition) is 1. The minimum atomic E-state index is -4.28. The third-order valence-corrected chi connectivity index (χ3v) is 4.20. The molecule has 0 saturated carbocycles. The maximum absolute atomic E-state index is 12.9. The third-order valence-electron chi connectivity index (χ3n) is 4.20. The highest BCUT2D eigenvalue weighted by Gasteiger charge is 2.42. The van der Waals surface area contributed by atoms with Crippen LogP contribution in [0.1, 0.15) is 37.8 Å². The van der Waals surface area contributed by atoms with Crippen molar-refractivity contribution in [3.05, 3.63) is 35.9 Å². The van der Waals surface area contributed by atoms with E-state index in [1.807, 2.05) is 6.07 Å². The van der Waals surface area contributed by atoms with Crippen LogP contribution in [0.5, 0.6) is 0 Å². The number of alkyl halides is 3. The van der Waals surface area contributed by atoms with Crippen LogP contribution in [0.15, 0.2) is 30.3 Å². The van der Waals surface area contributed by atoms with E-state index in [1.54, 1.807) is 24.3 Å². The standard InChI is InChI=1S/C17H21F3N2O2/c1-12(23)21-15(13-6-3-2-4-7-13)10-16(24)22-9-5-8-14(11-22)17(18,19)20/h2-4,6-7,14-15H,5,8-11H2,1H3,(H,21,23)/t14-,15+/m0/s1. The summed E-state index contributed by atoms with van der Waals surface area (Å²) < 4.78 is 38.6. The molecule has 1 aliphatic heterocycles. The van der Waals surface area contributed by atoms with E-state index in [4.69, 9.17) is 0 Å². The summed E-state index contributed by atoms with van der Waals surface area (Å²) in [6.07, 6.45) is -3.93. The van der Waals surface area contributed by atoms with Gasteiger partial charge in [0.25, 0.3) is 0 Å². The van der Waals surface area contributed by atoms with Crippen LogP contribution in [0.4, 0.5) is 13.2 Å². The summed E-state index contributed by atoms with van der Waals surface area (Å²) in [6.45, 7) is 1.37. The minimum absolute atomic E-state index is 0.0474. The molecule has 0 aliphatic carbocycles. The number of hydrogen-bond acceptors (Lipinski definition) is 2. The lowest BCUT2D eigenvalue weighted by Crippen LogP contribution is -2.45. The molecule has 24 heavy (non-hydrogen) atoms. The zero-order chi connectivity index (χ0) is 17.7. The Morgan fingerprint density at radius 2 is 1.96 bits per heavy atom. The molecule has 1 fully saturated rings. The normalized spacial score (nSPS) is 19.7. The van der Waals surface area contributed by atoms with Crippen LogP contribution in [0, 0.1) is 5.92 Å². The quantitative estimate of drug-likeness (QED) is 0.914. The second-order valence-electron chi connectivity index (χ2n) is 6.09. The van der Waals surface area contributed by atoms with Crippen LogP contribution in [0.25, 0.3) is 0 Å². The van der Waals surface area contributed by atoms with E-state index < -0.39 is 18.1 Å². The Morgan fingerprint density at radius 1 is 1.29 bits per heavy atom. The molecule has 1 heterocycles. The maximum atomic E-state index is 12.9. The number of piperidine rings is 1. The van der Waals surface area contributed by atoms with Gasteiger partial charge in [-0.2, -0.15) is 13.2 Å². The summed E-state index contributed by atoms with van der Waals surface area (Å²) in [4.78, 5) is 25.1. The highest BCUT2D eigenvalue weighted by molar-refractivity contribution is 5.79. The monoisotopic (exact) mass is 342 g/mol. The number of rotatable bonds is 4. The van der Waals surface area contributed by atoms with Crippen molar-refractivity contribution in [3.8, 4) is 0 Å². The number of nitrogens with one attached hydrogen (secondary N) is 1. The molecule has 1 aromatic rings. The van der Waals surface area contributed by atoms with E-state index in [-0.39, 0.29) is 31.2 Å². The van der Waals surface area contributed by atoms with E-state index in [0.717, 1.165) is 5.56 Å². The highest BCUT2D eigenvalue weighted by atomic mass is 19.4. The molecule has 0 spiro atoms. The molecule has 0 aromatic heterocycles. The Morgan fingerprint density at radius 3 is 2.54 bits per heavy atom. The lowest BCUT2D eigenvalue weighted by atomic mass is 9.96. The molecule has 4 nitrogen and oxygen atoms in total. The lowest BCUT2D eigenvalue weighted by molar-refractivity contribution is -0.188. The predicted molar refractivity (Wildman–Crippen MR) is 83.0 cm³/mol. The largest absolute Gasteiger partial charge is 0.393 e. The van der Waals surface area contributed by atoms with Gasteiger partial charge in [0.15, 0.2) is 0 Å². The van der Waals surface area contributed by atoms with Gasteiger partial charge in [0.1, 0.15) is 0 Å². The van der Waals surface area contributed by atoms with Crippen LogP contribution in [-0.2, 0) is 9.59 Å². The molecule has 1 N–H and O–H groups in total. The molecular formula is C17H21F3N2O2. The van der Waals surface area contributed by atoms with Gasteiger partial charge in [-0.25, -0.2) is 0 Å². The fourth-order valence-corrected chi connectivity index (χ4v) is 2.96. The van der Waals surface area contributed by atoms with Crippen molar-refractivity contribution in [2.45, 2.75) is 38.4 Å². The molecule has 2 amide bonds. The van der Waals surface area contributed by atoms with Crippen LogP contribution in [0.2, 0.25) is 0 Å². The van der Waals surface area contributed by atoms with E-state index in [2.05, 4.69) is 5.32 Å². The minimum Gasteiger partial charge on any atom is -0.349 e. The van der Waals surface area contributed by atoms with Gasteiger partial charge in [0.05, 0.1) is 18.4 Å². The number of carbonyl (C=O) groups excluding carboxylic acids is 2. The Hall–Kier alpha value is -2.05. The summed E-state index contributed by atoms with van der Waals surface area (Å²) in [7, 11) is 0. The van der Waals surface area contributed by atoms with Crippen molar-refractivity contribution in [3.63, 3.8) is 0 Å². The van der Waals surface area contributed by atoms with E-state index in [9.17, 15) is 22.8 Å². The zero-order valence-corrected chi connectivity index (χ0v) is 13.5. The van der Waals surface area contributed by atoms with Crippen molar-refractivity contribution < 1.29 is 22.8 Å². The molecule has 7 heteroatoms. The molecule has 1 saturated heterocycles. The number of amides is 2. The highest BCUT2D eigenvalue weighted by Crippen LogP contribution is 2.33. The molecule has 0 radical (unpaired) electrons. The summed E-state index contributed by atoms with van der Waals surface area (Å²) in [5.41, 5.74) is 0.755. The Bertz CT molecular complexity index is 575. The maximum Gasteiger partial charge on any atom is 0.393 e. The van der Waals surface area contributed by atoms with Gasteiger partial charge >= 0.3 is 6.18 Å². The van der Waals surface area contributed by atoms with Crippen molar-refractivity contribution in [1.82, 2.24) is 10.2 Å². The summed E-state index contributed by atoms with van der Waals surface area (Å²) in [5, 5.41) is 2.70. The molecule has 1 aliphatic rings. The van der Waals surface area contributed by atoms with Gasteiger partial charge in [-0.1, -0.05) is 30.3 Å². The number of nitrogens with zero attached hydrogens (tertiary/aromatic N) is 1. The first kappa shape index (κ1) is 18.3.